The molecule has 0 amide bonds. The second kappa shape index (κ2) is 6.80. The summed E-state index contributed by atoms with van der Waals surface area (Å²) in [6.07, 6.45) is 3.84. The molecule has 0 atom stereocenters. The van der Waals surface area contributed by atoms with E-state index in [0.29, 0.717) is 17.8 Å². The van der Waals surface area contributed by atoms with E-state index in [9.17, 15) is 0 Å². The number of alkyl halides is 1. The molecule has 0 N–H and O–H groups in total. The topological polar surface area (TPSA) is 16.1 Å². The van der Waals surface area contributed by atoms with Crippen molar-refractivity contribution in [1.29, 1.82) is 0 Å². The first-order valence-electron chi connectivity index (χ1n) is 7.84. The Morgan fingerprint density at radius 3 is 2.45 bits per heavy atom. The fourth-order valence-electron chi connectivity index (χ4n) is 2.38. The summed E-state index contributed by atoms with van der Waals surface area (Å²) in [7, 11) is 0. The van der Waals surface area contributed by atoms with Crippen molar-refractivity contribution in [2.45, 2.75) is 64.8 Å². The van der Waals surface area contributed by atoms with Gasteiger partial charge in [-0.2, -0.15) is 0 Å². The van der Waals surface area contributed by atoms with E-state index < -0.39 is 0 Å². The van der Waals surface area contributed by atoms with Crippen molar-refractivity contribution in [2.75, 3.05) is 11.4 Å². The molecule has 2 nitrogen and oxygen atoms in total. The van der Waals surface area contributed by atoms with Gasteiger partial charge in [0, 0.05) is 24.2 Å². The van der Waals surface area contributed by atoms with Gasteiger partial charge in [-0.1, -0.05) is 27.7 Å². The summed E-state index contributed by atoms with van der Waals surface area (Å²) in [6.45, 7) is 10.1. The Morgan fingerprint density at radius 2 is 1.95 bits per heavy atom. The average molecular weight is 295 g/mol. The zero-order chi connectivity index (χ0) is 14.7. The summed E-state index contributed by atoms with van der Waals surface area (Å²) < 4.78 is 0. The Hall–Kier alpha value is -0.760. The quantitative estimate of drug-likeness (QED) is 0.661. The van der Waals surface area contributed by atoms with Crippen LogP contribution < -0.4 is 4.90 Å². The smallest absolute Gasteiger partial charge is 0.129 e. The van der Waals surface area contributed by atoms with E-state index in [-0.39, 0.29) is 0 Å². The normalized spacial score (nSPS) is 15.2. The third kappa shape index (κ3) is 4.12. The SMILES string of the molecule is CC(C)CCN(c1cc(CCl)cc(C(C)C)n1)C1CC1. The molecule has 1 aliphatic carbocycles. The number of anilines is 1. The number of rotatable bonds is 7. The molecule has 2 rings (SSSR count). The number of hydrogen-bond acceptors (Lipinski definition) is 2. The zero-order valence-electron chi connectivity index (χ0n) is 13.2. The van der Waals surface area contributed by atoms with Gasteiger partial charge in [0.25, 0.3) is 0 Å². The van der Waals surface area contributed by atoms with E-state index in [1.807, 2.05) is 0 Å². The summed E-state index contributed by atoms with van der Waals surface area (Å²) >= 11 is 6.06. The fourth-order valence-corrected chi connectivity index (χ4v) is 2.54. The van der Waals surface area contributed by atoms with Gasteiger partial charge in [-0.25, -0.2) is 4.98 Å². The first kappa shape index (κ1) is 15.6. The molecule has 0 aliphatic heterocycles. The molecule has 0 bridgehead atoms. The van der Waals surface area contributed by atoms with E-state index in [0.717, 1.165) is 24.0 Å². The molecular weight excluding hydrogens is 268 g/mol. The van der Waals surface area contributed by atoms with Crippen LogP contribution in [0.3, 0.4) is 0 Å². The number of halogens is 1. The van der Waals surface area contributed by atoms with Crippen molar-refractivity contribution in [1.82, 2.24) is 4.98 Å². The largest absolute Gasteiger partial charge is 0.354 e. The van der Waals surface area contributed by atoms with Crippen LogP contribution in [-0.4, -0.2) is 17.6 Å². The van der Waals surface area contributed by atoms with Crippen LogP contribution >= 0.6 is 11.6 Å². The summed E-state index contributed by atoms with van der Waals surface area (Å²) in [6, 6.07) is 5.03. The molecule has 20 heavy (non-hydrogen) atoms. The summed E-state index contributed by atoms with van der Waals surface area (Å²) in [4.78, 5) is 7.39. The second-order valence-corrected chi connectivity index (χ2v) is 6.92. The molecule has 1 aliphatic rings. The molecule has 0 aromatic carbocycles. The average Bonchev–Trinajstić information content (AvgIpc) is 3.22. The molecule has 0 unspecified atom stereocenters. The van der Waals surface area contributed by atoms with Crippen LogP contribution in [0.2, 0.25) is 0 Å². The maximum atomic E-state index is 6.06. The molecule has 112 valence electrons. The predicted molar refractivity (Wildman–Crippen MR) is 87.7 cm³/mol. The van der Waals surface area contributed by atoms with Crippen molar-refractivity contribution < 1.29 is 0 Å². The van der Waals surface area contributed by atoms with Gasteiger partial charge in [0.05, 0.1) is 0 Å². The van der Waals surface area contributed by atoms with Gasteiger partial charge >= 0.3 is 0 Å². The zero-order valence-corrected chi connectivity index (χ0v) is 14.0. The van der Waals surface area contributed by atoms with Gasteiger partial charge in [0.15, 0.2) is 0 Å². The number of aromatic nitrogens is 1. The lowest BCUT2D eigenvalue weighted by molar-refractivity contribution is 0.567. The van der Waals surface area contributed by atoms with E-state index in [1.54, 1.807) is 0 Å². The minimum atomic E-state index is 0.447. The van der Waals surface area contributed by atoms with Gasteiger partial charge in [-0.15, -0.1) is 11.6 Å². The standard InChI is InChI=1S/C17H27ClN2/c1-12(2)7-8-20(15-5-6-15)17-10-14(11-18)9-16(19-17)13(3)4/h9-10,12-13,15H,5-8,11H2,1-4H3. The number of pyridine rings is 1. The molecule has 1 aromatic heterocycles. The predicted octanol–water partition coefficient (Wildman–Crippen LogP) is 4.96. The van der Waals surface area contributed by atoms with Crippen LogP contribution in [0.15, 0.2) is 12.1 Å². The highest BCUT2D eigenvalue weighted by molar-refractivity contribution is 6.17. The molecule has 1 fully saturated rings. The van der Waals surface area contributed by atoms with Crippen LogP contribution in [-0.2, 0) is 5.88 Å². The van der Waals surface area contributed by atoms with E-state index in [2.05, 4.69) is 44.7 Å². The van der Waals surface area contributed by atoms with Gasteiger partial charge < -0.3 is 4.90 Å². The van der Waals surface area contributed by atoms with Crippen molar-refractivity contribution in [2.24, 2.45) is 5.92 Å². The molecule has 1 aromatic rings. The monoisotopic (exact) mass is 294 g/mol. The highest BCUT2D eigenvalue weighted by Gasteiger charge is 2.30. The summed E-state index contributed by atoms with van der Waals surface area (Å²) in [5, 5.41) is 0. The summed E-state index contributed by atoms with van der Waals surface area (Å²) in [5.74, 6) is 2.88. The lowest BCUT2D eigenvalue weighted by Crippen LogP contribution is -2.29. The van der Waals surface area contributed by atoms with Crippen LogP contribution in [0.5, 0.6) is 0 Å². The van der Waals surface area contributed by atoms with Gasteiger partial charge in [0.1, 0.15) is 5.82 Å². The Balaban J connectivity index is 2.24. The van der Waals surface area contributed by atoms with Crippen LogP contribution in [0.4, 0.5) is 5.82 Å². The number of hydrogen-bond donors (Lipinski definition) is 0. The van der Waals surface area contributed by atoms with Crippen molar-refractivity contribution >= 4 is 17.4 Å². The first-order valence-corrected chi connectivity index (χ1v) is 8.38. The minimum absolute atomic E-state index is 0.447. The molecule has 0 spiro atoms. The third-order valence-corrected chi connectivity index (χ3v) is 4.18. The van der Waals surface area contributed by atoms with Gasteiger partial charge in [-0.3, -0.25) is 0 Å². The highest BCUT2D eigenvalue weighted by Crippen LogP contribution is 2.32. The van der Waals surface area contributed by atoms with E-state index in [4.69, 9.17) is 16.6 Å². The van der Waals surface area contributed by atoms with Crippen LogP contribution in [0.25, 0.3) is 0 Å². The molecular formula is C17H27ClN2. The van der Waals surface area contributed by atoms with E-state index in [1.165, 1.54) is 24.8 Å². The Morgan fingerprint density at radius 1 is 1.25 bits per heavy atom. The maximum Gasteiger partial charge on any atom is 0.129 e. The van der Waals surface area contributed by atoms with E-state index >= 15 is 0 Å². The number of nitrogens with zero attached hydrogens (tertiary/aromatic N) is 2. The molecule has 1 saturated carbocycles. The molecule has 0 saturated heterocycles. The Labute approximate surface area is 128 Å². The van der Waals surface area contributed by atoms with Crippen molar-refractivity contribution in [3.63, 3.8) is 0 Å². The molecule has 3 heteroatoms. The highest BCUT2D eigenvalue weighted by atomic mass is 35.5. The molecule has 0 radical (unpaired) electrons. The maximum absolute atomic E-state index is 6.06. The lowest BCUT2D eigenvalue weighted by Gasteiger charge is -2.26. The summed E-state index contributed by atoms with van der Waals surface area (Å²) in [5.41, 5.74) is 2.35. The molecule has 1 heterocycles. The fraction of sp³-hybridized carbons (Fsp3) is 0.706. The Kier molecular flexibility index (Phi) is 5.31. The third-order valence-electron chi connectivity index (χ3n) is 3.87. The van der Waals surface area contributed by atoms with Gasteiger partial charge in [-0.05, 0) is 48.8 Å². The Bertz CT molecular complexity index is 439. The van der Waals surface area contributed by atoms with Crippen molar-refractivity contribution in [3.8, 4) is 0 Å². The van der Waals surface area contributed by atoms with Gasteiger partial charge in [0.2, 0.25) is 0 Å². The second-order valence-electron chi connectivity index (χ2n) is 6.65. The van der Waals surface area contributed by atoms with Crippen LogP contribution in [0.1, 0.15) is 64.1 Å². The minimum Gasteiger partial charge on any atom is -0.354 e. The first-order chi connectivity index (χ1) is 9.51. The van der Waals surface area contributed by atoms with Crippen LogP contribution in [0, 0.1) is 5.92 Å². The van der Waals surface area contributed by atoms with Crippen molar-refractivity contribution in [3.05, 3.63) is 23.4 Å². The lowest BCUT2D eigenvalue weighted by atomic mass is 10.1.